The Bertz CT molecular complexity index is 523. The Labute approximate surface area is 81.6 Å². The molecule has 7 nitrogen and oxygen atoms in total. The van der Waals surface area contributed by atoms with Gasteiger partial charge in [-0.1, -0.05) is 16.4 Å². The van der Waals surface area contributed by atoms with Crippen LogP contribution in [0.2, 0.25) is 5.02 Å². The smallest absolute Gasteiger partial charge is 0.273 e. The molecule has 0 saturated heterocycles. The van der Waals surface area contributed by atoms with Crippen LogP contribution in [-0.2, 0) is 0 Å². The predicted molar refractivity (Wildman–Crippen MR) is 46.4 cm³/mol. The Morgan fingerprint density at radius 1 is 1.57 bits per heavy atom. The van der Waals surface area contributed by atoms with Crippen LogP contribution < -0.4 is 0 Å². The summed E-state index contributed by atoms with van der Waals surface area (Å²) in [6, 6.07) is 2.29. The van der Waals surface area contributed by atoms with E-state index in [1.165, 1.54) is 0 Å². The molecule has 0 aliphatic carbocycles. The van der Waals surface area contributed by atoms with E-state index in [9.17, 15) is 10.1 Å². The summed E-state index contributed by atoms with van der Waals surface area (Å²) in [5, 5.41) is 26.4. The second-order valence-corrected chi connectivity index (χ2v) is 2.94. The van der Waals surface area contributed by atoms with Gasteiger partial charge < -0.3 is 5.21 Å². The molecule has 1 N–H and O–H groups in total. The third kappa shape index (κ3) is 1.14. The Morgan fingerprint density at radius 3 is 2.93 bits per heavy atom. The maximum Gasteiger partial charge on any atom is 0.273 e. The first-order valence-electron chi connectivity index (χ1n) is 3.48. The summed E-state index contributed by atoms with van der Waals surface area (Å²) in [4.78, 5) is 10.3. The van der Waals surface area contributed by atoms with E-state index in [1.807, 2.05) is 0 Å². The van der Waals surface area contributed by atoms with Crippen LogP contribution in [-0.4, -0.2) is 25.3 Å². The van der Waals surface area contributed by atoms with Crippen LogP contribution in [0.4, 0.5) is 5.69 Å². The summed E-state index contributed by atoms with van der Waals surface area (Å²) in [6.45, 7) is 0. The van der Waals surface area contributed by atoms with Crippen LogP contribution in [0, 0.1) is 10.1 Å². The average Bonchev–Trinajstić information content (AvgIpc) is 2.48. The first-order valence-corrected chi connectivity index (χ1v) is 3.86. The van der Waals surface area contributed by atoms with Crippen LogP contribution >= 0.6 is 11.6 Å². The molecule has 0 aliphatic heterocycles. The molecule has 0 radical (unpaired) electrons. The molecule has 2 aromatic rings. The van der Waals surface area contributed by atoms with E-state index in [4.69, 9.17) is 16.8 Å². The van der Waals surface area contributed by atoms with Crippen molar-refractivity contribution in [3.63, 3.8) is 0 Å². The molecule has 1 aromatic heterocycles. The molecule has 0 aliphatic rings. The molecule has 0 spiro atoms. The average molecular weight is 215 g/mol. The minimum Gasteiger partial charge on any atom is -0.410 e. The Morgan fingerprint density at radius 2 is 2.29 bits per heavy atom. The van der Waals surface area contributed by atoms with Crippen molar-refractivity contribution in [3.05, 3.63) is 27.3 Å². The molecule has 0 fully saturated rings. The molecule has 0 bridgehead atoms. The number of halogens is 1. The first-order chi connectivity index (χ1) is 6.59. The van der Waals surface area contributed by atoms with Gasteiger partial charge in [0, 0.05) is 12.1 Å². The maximum atomic E-state index is 10.4. The van der Waals surface area contributed by atoms with Gasteiger partial charge >= 0.3 is 0 Å². The fraction of sp³-hybridized carbons (Fsp3) is 0. The van der Waals surface area contributed by atoms with Gasteiger partial charge in [-0.25, -0.2) is 0 Å². The minimum atomic E-state index is -0.613. The second-order valence-electron chi connectivity index (χ2n) is 2.53. The minimum absolute atomic E-state index is 0.0782. The lowest BCUT2D eigenvalue weighted by Gasteiger charge is -1.94. The number of nitro benzene ring substituents is 1. The molecule has 8 heteroatoms. The van der Waals surface area contributed by atoms with Gasteiger partial charge in [0.1, 0.15) is 11.0 Å². The van der Waals surface area contributed by atoms with Crippen LogP contribution in [0.3, 0.4) is 0 Å². The summed E-state index contributed by atoms with van der Waals surface area (Å²) < 4.78 is 0. The van der Waals surface area contributed by atoms with Crippen LogP contribution in [0.15, 0.2) is 12.1 Å². The third-order valence-corrected chi connectivity index (χ3v) is 1.97. The van der Waals surface area contributed by atoms with Crippen molar-refractivity contribution >= 4 is 28.3 Å². The predicted octanol–water partition coefficient (Wildman–Crippen LogP) is 1.23. The highest BCUT2D eigenvalue weighted by molar-refractivity contribution is 6.35. The molecule has 0 unspecified atom stereocenters. The summed E-state index contributed by atoms with van der Waals surface area (Å²) in [5.41, 5.74) is 0.101. The molecule has 2 rings (SSSR count). The first kappa shape index (κ1) is 8.70. The van der Waals surface area contributed by atoms with Crippen molar-refractivity contribution in [2.45, 2.75) is 0 Å². The van der Waals surface area contributed by atoms with Gasteiger partial charge in [-0.2, -0.15) is 0 Å². The standard InChI is InChI=1S/C6H3ClN4O3/c7-4-1-3(11(13)14)2-5-6(4)8-9-10(5)12/h1-2,12H. The van der Waals surface area contributed by atoms with Gasteiger partial charge in [0.05, 0.1) is 9.95 Å². The number of rotatable bonds is 1. The second kappa shape index (κ2) is 2.81. The molecule has 0 saturated carbocycles. The maximum absolute atomic E-state index is 10.4. The quantitative estimate of drug-likeness (QED) is 0.438. The fourth-order valence-corrected chi connectivity index (χ4v) is 1.31. The lowest BCUT2D eigenvalue weighted by molar-refractivity contribution is -0.384. The highest BCUT2D eigenvalue weighted by Gasteiger charge is 2.15. The van der Waals surface area contributed by atoms with Gasteiger partial charge in [-0.3, -0.25) is 10.1 Å². The van der Waals surface area contributed by atoms with E-state index in [0.717, 1.165) is 12.1 Å². The molecule has 72 valence electrons. The molecule has 14 heavy (non-hydrogen) atoms. The van der Waals surface area contributed by atoms with E-state index in [-0.39, 0.29) is 21.7 Å². The lowest BCUT2D eigenvalue weighted by atomic mass is 10.3. The summed E-state index contributed by atoms with van der Waals surface area (Å²) >= 11 is 5.69. The molecule has 1 aromatic carbocycles. The van der Waals surface area contributed by atoms with E-state index in [1.54, 1.807) is 0 Å². The van der Waals surface area contributed by atoms with Crippen molar-refractivity contribution in [3.8, 4) is 0 Å². The van der Waals surface area contributed by atoms with Crippen LogP contribution in [0.1, 0.15) is 0 Å². The number of nitro groups is 1. The van der Waals surface area contributed by atoms with E-state index < -0.39 is 4.92 Å². The highest BCUT2D eigenvalue weighted by Crippen LogP contribution is 2.26. The summed E-state index contributed by atoms with van der Waals surface area (Å²) in [6.07, 6.45) is 0. The zero-order chi connectivity index (χ0) is 10.3. The number of hydrogen-bond donors (Lipinski definition) is 1. The number of hydrogen-bond acceptors (Lipinski definition) is 5. The number of aromatic nitrogens is 3. The summed E-state index contributed by atoms with van der Waals surface area (Å²) in [7, 11) is 0. The Hall–Kier alpha value is -1.89. The molecular weight excluding hydrogens is 212 g/mol. The van der Waals surface area contributed by atoms with Crippen LogP contribution in [0.5, 0.6) is 0 Å². The van der Waals surface area contributed by atoms with Crippen LogP contribution in [0.25, 0.3) is 11.0 Å². The van der Waals surface area contributed by atoms with Gasteiger partial charge in [-0.15, -0.1) is 5.10 Å². The molecule has 0 amide bonds. The van der Waals surface area contributed by atoms with Crippen molar-refractivity contribution in [2.75, 3.05) is 0 Å². The van der Waals surface area contributed by atoms with Crippen molar-refractivity contribution < 1.29 is 10.1 Å². The number of non-ortho nitro benzene ring substituents is 1. The molecular formula is C6H3ClN4O3. The van der Waals surface area contributed by atoms with Gasteiger partial charge in [-0.05, 0) is 5.21 Å². The highest BCUT2D eigenvalue weighted by atomic mass is 35.5. The zero-order valence-electron chi connectivity index (χ0n) is 6.59. The monoisotopic (exact) mass is 214 g/mol. The third-order valence-electron chi connectivity index (χ3n) is 1.68. The topological polar surface area (TPSA) is 94.1 Å². The van der Waals surface area contributed by atoms with Crippen molar-refractivity contribution in [2.24, 2.45) is 0 Å². The Kier molecular flexibility index (Phi) is 1.74. The van der Waals surface area contributed by atoms with Crippen molar-refractivity contribution in [1.29, 1.82) is 0 Å². The Balaban J connectivity index is 2.82. The van der Waals surface area contributed by atoms with E-state index in [0.29, 0.717) is 4.85 Å². The molecule has 1 heterocycles. The van der Waals surface area contributed by atoms with E-state index in [2.05, 4.69) is 10.3 Å². The van der Waals surface area contributed by atoms with Gasteiger partial charge in [0.15, 0.2) is 0 Å². The van der Waals surface area contributed by atoms with Gasteiger partial charge in [0.2, 0.25) is 0 Å². The SMILES string of the molecule is O=[N+]([O-])c1cc(Cl)c2nnn(O)c2c1. The number of benzene rings is 1. The summed E-state index contributed by atoms with van der Waals surface area (Å²) in [5.74, 6) is 0. The lowest BCUT2D eigenvalue weighted by Crippen LogP contribution is -1.93. The van der Waals surface area contributed by atoms with Gasteiger partial charge in [0.25, 0.3) is 5.69 Å². The van der Waals surface area contributed by atoms with Crippen molar-refractivity contribution in [1.82, 2.24) is 15.2 Å². The zero-order valence-corrected chi connectivity index (χ0v) is 7.34. The normalized spacial score (nSPS) is 10.6. The van der Waals surface area contributed by atoms with E-state index >= 15 is 0 Å². The fourth-order valence-electron chi connectivity index (χ4n) is 1.06. The number of fused-ring (bicyclic) bond motifs is 1. The molecule has 0 atom stereocenters. The largest absolute Gasteiger partial charge is 0.410 e. The number of nitrogens with zero attached hydrogens (tertiary/aromatic N) is 4.